The average Bonchev–Trinajstić information content (AvgIpc) is 2.43. The molecular formula is C21H23F5. The van der Waals surface area contributed by atoms with Crippen LogP contribution in [-0.4, -0.2) is 0 Å². The van der Waals surface area contributed by atoms with E-state index in [1.54, 1.807) is 40.7 Å². The van der Waals surface area contributed by atoms with E-state index in [-0.39, 0.29) is 12.0 Å². The molecule has 0 aliphatic carbocycles. The van der Waals surface area contributed by atoms with E-state index in [1.165, 1.54) is 18.2 Å². The maximum Gasteiger partial charge on any atom is 0.416 e. The van der Waals surface area contributed by atoms with Crippen LogP contribution in [0.15, 0.2) is 36.4 Å². The number of hydrogen-bond acceptors (Lipinski definition) is 0. The van der Waals surface area contributed by atoms with Crippen molar-refractivity contribution in [1.29, 1.82) is 0 Å². The third-order valence-electron chi connectivity index (χ3n) is 4.48. The quantitative estimate of drug-likeness (QED) is 0.521. The van der Waals surface area contributed by atoms with Gasteiger partial charge >= 0.3 is 6.18 Å². The Balaban J connectivity index is 2.58. The Morgan fingerprint density at radius 2 is 1.35 bits per heavy atom. The summed E-state index contributed by atoms with van der Waals surface area (Å²) >= 11 is 0. The molecule has 142 valence electrons. The second-order valence-corrected chi connectivity index (χ2v) is 8.31. The molecule has 0 nitrogen and oxygen atoms in total. The van der Waals surface area contributed by atoms with Gasteiger partial charge in [0.05, 0.1) is 5.56 Å². The number of halogens is 5. The lowest BCUT2D eigenvalue weighted by atomic mass is 9.73. The predicted molar refractivity (Wildman–Crippen MR) is 93.2 cm³/mol. The van der Waals surface area contributed by atoms with Crippen molar-refractivity contribution >= 4 is 0 Å². The molecule has 0 radical (unpaired) electrons. The molecule has 0 aliphatic heterocycles. The highest BCUT2D eigenvalue weighted by Crippen LogP contribution is 2.41. The number of alkyl halides is 3. The molecule has 2 rings (SSSR count). The van der Waals surface area contributed by atoms with E-state index in [2.05, 4.69) is 0 Å². The summed E-state index contributed by atoms with van der Waals surface area (Å²) in [6.45, 7) is 8.74. The molecule has 0 aliphatic rings. The van der Waals surface area contributed by atoms with Gasteiger partial charge < -0.3 is 0 Å². The van der Waals surface area contributed by atoms with E-state index in [1.807, 2.05) is 0 Å². The van der Waals surface area contributed by atoms with Crippen molar-refractivity contribution in [3.63, 3.8) is 0 Å². The van der Waals surface area contributed by atoms with Crippen molar-refractivity contribution < 1.29 is 22.0 Å². The van der Waals surface area contributed by atoms with Gasteiger partial charge in [0.25, 0.3) is 0 Å². The fourth-order valence-electron chi connectivity index (χ4n) is 3.39. The van der Waals surface area contributed by atoms with Crippen LogP contribution in [-0.2, 0) is 23.4 Å². The molecule has 0 amide bonds. The number of rotatable bonds is 3. The molecule has 0 spiro atoms. The van der Waals surface area contributed by atoms with Crippen molar-refractivity contribution in [1.82, 2.24) is 0 Å². The second kappa shape index (κ2) is 6.67. The molecule has 0 N–H and O–H groups in total. The Bertz CT molecular complexity index is 775. The summed E-state index contributed by atoms with van der Waals surface area (Å²) in [5.74, 6) is -1.40. The maximum atomic E-state index is 13.6. The average molecular weight is 370 g/mol. The third kappa shape index (κ3) is 4.43. The Hall–Kier alpha value is -1.91. The Labute approximate surface area is 151 Å². The summed E-state index contributed by atoms with van der Waals surface area (Å²) in [5, 5.41) is 0. The van der Waals surface area contributed by atoms with Gasteiger partial charge in [-0.05, 0) is 52.1 Å². The van der Waals surface area contributed by atoms with Gasteiger partial charge in [-0.15, -0.1) is 0 Å². The summed E-state index contributed by atoms with van der Waals surface area (Å²) in [6.07, 6.45) is -4.24. The zero-order chi connectivity index (χ0) is 19.9. The standard InChI is InChI=1S/C21H23F5/c1-19(2,3)18-13(7-6-8-17(18)21(24,25)26)12-20(4,5)14-9-15(22)11-16(23)10-14/h6-11H,12H2,1-5H3. The molecule has 0 saturated carbocycles. The molecule has 2 aromatic rings. The number of hydrogen-bond donors (Lipinski definition) is 0. The summed E-state index contributed by atoms with van der Waals surface area (Å²) in [7, 11) is 0. The fraction of sp³-hybridized carbons (Fsp3) is 0.429. The molecule has 0 aromatic heterocycles. The van der Waals surface area contributed by atoms with Crippen molar-refractivity contribution in [3.8, 4) is 0 Å². The molecule has 0 unspecified atom stereocenters. The van der Waals surface area contributed by atoms with Gasteiger partial charge in [0.2, 0.25) is 0 Å². The predicted octanol–water partition coefficient (Wildman–Crippen LogP) is 6.80. The summed E-state index contributed by atoms with van der Waals surface area (Å²) in [4.78, 5) is 0. The van der Waals surface area contributed by atoms with Crippen LogP contribution in [0.5, 0.6) is 0 Å². The van der Waals surface area contributed by atoms with Gasteiger partial charge in [-0.25, -0.2) is 8.78 Å². The van der Waals surface area contributed by atoms with E-state index in [0.29, 0.717) is 11.1 Å². The molecule has 2 aromatic carbocycles. The topological polar surface area (TPSA) is 0 Å². The van der Waals surface area contributed by atoms with E-state index in [0.717, 1.165) is 12.1 Å². The largest absolute Gasteiger partial charge is 0.416 e. The van der Waals surface area contributed by atoms with Crippen molar-refractivity contribution in [3.05, 3.63) is 70.3 Å². The molecular weight excluding hydrogens is 347 g/mol. The van der Waals surface area contributed by atoms with Crippen LogP contribution in [0, 0.1) is 11.6 Å². The highest BCUT2D eigenvalue weighted by molar-refractivity contribution is 5.43. The van der Waals surface area contributed by atoms with Gasteiger partial charge in [0, 0.05) is 6.07 Å². The van der Waals surface area contributed by atoms with Crippen molar-refractivity contribution in [2.45, 2.75) is 58.0 Å². The highest BCUT2D eigenvalue weighted by Gasteiger charge is 2.38. The van der Waals surface area contributed by atoms with E-state index >= 15 is 0 Å². The lowest BCUT2D eigenvalue weighted by Crippen LogP contribution is -2.27. The van der Waals surface area contributed by atoms with Crippen molar-refractivity contribution in [2.24, 2.45) is 0 Å². The molecule has 0 bridgehead atoms. The van der Waals surface area contributed by atoms with E-state index < -0.39 is 34.2 Å². The van der Waals surface area contributed by atoms with Gasteiger partial charge in [-0.2, -0.15) is 13.2 Å². The lowest BCUT2D eigenvalue weighted by Gasteiger charge is -2.32. The fourth-order valence-corrected chi connectivity index (χ4v) is 3.39. The zero-order valence-electron chi connectivity index (χ0n) is 15.6. The molecule has 0 fully saturated rings. The molecule has 0 saturated heterocycles. The van der Waals surface area contributed by atoms with Crippen LogP contribution in [0.2, 0.25) is 0 Å². The first-order chi connectivity index (χ1) is 11.7. The van der Waals surface area contributed by atoms with Gasteiger partial charge in [-0.3, -0.25) is 0 Å². The molecule has 0 heterocycles. The van der Waals surface area contributed by atoms with Crippen LogP contribution in [0.3, 0.4) is 0 Å². The SMILES string of the molecule is CC(C)(C)c1c(CC(C)(C)c2cc(F)cc(F)c2)cccc1C(F)(F)F. The summed E-state index contributed by atoms with van der Waals surface area (Å²) in [5.41, 5.74) is -0.979. The highest BCUT2D eigenvalue weighted by atomic mass is 19.4. The lowest BCUT2D eigenvalue weighted by molar-refractivity contribution is -0.138. The summed E-state index contributed by atoms with van der Waals surface area (Å²) in [6, 6.07) is 7.37. The van der Waals surface area contributed by atoms with E-state index in [9.17, 15) is 22.0 Å². The number of benzene rings is 2. The van der Waals surface area contributed by atoms with Crippen molar-refractivity contribution in [2.75, 3.05) is 0 Å². The first-order valence-electron chi connectivity index (χ1n) is 8.38. The molecule has 26 heavy (non-hydrogen) atoms. The monoisotopic (exact) mass is 370 g/mol. The molecule has 5 heteroatoms. The molecule has 0 atom stereocenters. The summed E-state index contributed by atoms with van der Waals surface area (Å²) < 4.78 is 67.8. The Morgan fingerprint density at radius 1 is 0.808 bits per heavy atom. The van der Waals surface area contributed by atoms with Gasteiger partial charge in [0.15, 0.2) is 0 Å². The van der Waals surface area contributed by atoms with Crippen LogP contribution in [0.25, 0.3) is 0 Å². The van der Waals surface area contributed by atoms with Crippen LogP contribution < -0.4 is 0 Å². The van der Waals surface area contributed by atoms with Crippen LogP contribution in [0.4, 0.5) is 22.0 Å². The van der Waals surface area contributed by atoms with Gasteiger partial charge in [-0.1, -0.05) is 46.8 Å². The van der Waals surface area contributed by atoms with Crippen LogP contribution in [0.1, 0.15) is 56.9 Å². The first kappa shape index (κ1) is 20.4. The second-order valence-electron chi connectivity index (χ2n) is 8.31. The smallest absolute Gasteiger partial charge is 0.207 e. The minimum absolute atomic E-state index is 0.220. The third-order valence-corrected chi connectivity index (χ3v) is 4.48. The Morgan fingerprint density at radius 3 is 1.81 bits per heavy atom. The maximum absolute atomic E-state index is 13.6. The first-order valence-corrected chi connectivity index (χ1v) is 8.38. The van der Waals surface area contributed by atoms with E-state index in [4.69, 9.17) is 0 Å². The normalized spacial score (nSPS) is 13.2. The zero-order valence-corrected chi connectivity index (χ0v) is 15.6. The Kier molecular flexibility index (Phi) is 5.24. The van der Waals surface area contributed by atoms with Gasteiger partial charge in [0.1, 0.15) is 11.6 Å². The van der Waals surface area contributed by atoms with Crippen LogP contribution >= 0.6 is 0 Å². The minimum Gasteiger partial charge on any atom is -0.207 e. The minimum atomic E-state index is -4.46.